The molecule has 2 aromatic carbocycles. The quantitative estimate of drug-likeness (QED) is 0.128. The Hall–Kier alpha value is 1.25. The molecule has 2 nitrogen and oxygen atoms in total. The van der Waals surface area contributed by atoms with Gasteiger partial charge in [0, 0.05) is 63.0 Å². The average molecular weight is 1160 g/mol. The Morgan fingerprint density at radius 3 is 1.89 bits per heavy atom. The molecule has 0 aromatic heterocycles. The zero-order chi connectivity index (χ0) is 27.4. The third kappa shape index (κ3) is 5.56. The van der Waals surface area contributed by atoms with E-state index >= 15 is 0 Å². The van der Waals surface area contributed by atoms with E-state index in [4.69, 9.17) is 0 Å². The summed E-state index contributed by atoms with van der Waals surface area (Å²) in [5.41, 5.74) is 8.07. The standard InChI is InChI=1S/C29H27I6N2/c1-28(2)20(36(5)18-14-16(30)24(32)26(34)22(18)28)12-10-8-7-9-11-13-21-29(3,4)23-19(37(21)6)15-17(31)25(33)27(23)35/h7-15H,1-6H3/q+1. The molecular formula is C29H27I6N2+. The Kier molecular flexibility index (Phi) is 10.00. The normalized spacial score (nSPS) is 19.4. The highest BCUT2D eigenvalue weighted by atomic mass is 127. The Balaban J connectivity index is 1.53. The van der Waals surface area contributed by atoms with Crippen LogP contribution in [0.2, 0.25) is 0 Å². The van der Waals surface area contributed by atoms with Gasteiger partial charge >= 0.3 is 0 Å². The van der Waals surface area contributed by atoms with Crippen molar-refractivity contribution in [2.45, 2.75) is 38.5 Å². The summed E-state index contributed by atoms with van der Waals surface area (Å²) in [7, 11) is 4.37. The highest BCUT2D eigenvalue weighted by Crippen LogP contribution is 2.50. The first-order valence-electron chi connectivity index (χ1n) is 11.7. The van der Waals surface area contributed by atoms with E-state index in [1.54, 1.807) is 0 Å². The number of hydrogen-bond donors (Lipinski definition) is 0. The highest BCUT2D eigenvalue weighted by molar-refractivity contribution is 14.1. The lowest BCUT2D eigenvalue weighted by Gasteiger charge is -2.24. The monoisotopic (exact) mass is 1160 g/mol. The Morgan fingerprint density at radius 1 is 0.703 bits per heavy atom. The number of anilines is 1. The second kappa shape index (κ2) is 11.9. The van der Waals surface area contributed by atoms with Gasteiger partial charge in [-0.1, -0.05) is 44.2 Å². The average Bonchev–Trinajstić information content (AvgIpc) is 3.12. The van der Waals surface area contributed by atoms with Crippen LogP contribution in [-0.2, 0) is 10.8 Å². The predicted molar refractivity (Wildman–Crippen MR) is 210 cm³/mol. The number of halogens is 6. The number of allylic oxidation sites excluding steroid dienone is 8. The highest BCUT2D eigenvalue weighted by Gasteiger charge is 2.45. The van der Waals surface area contributed by atoms with Crippen LogP contribution in [0.3, 0.4) is 0 Å². The molecule has 0 N–H and O–H groups in total. The van der Waals surface area contributed by atoms with E-state index < -0.39 is 0 Å². The fraction of sp³-hybridized carbons (Fsp3) is 0.276. The summed E-state index contributed by atoms with van der Waals surface area (Å²) in [5, 5.41) is 0. The van der Waals surface area contributed by atoms with E-state index in [1.807, 2.05) is 0 Å². The van der Waals surface area contributed by atoms with Gasteiger partial charge in [0.2, 0.25) is 5.69 Å². The second-order valence-electron chi connectivity index (χ2n) is 10.2. The molecule has 2 aromatic rings. The lowest BCUT2D eigenvalue weighted by atomic mass is 9.81. The minimum Gasteiger partial charge on any atom is -0.347 e. The van der Waals surface area contributed by atoms with Crippen molar-refractivity contribution in [2.24, 2.45) is 0 Å². The van der Waals surface area contributed by atoms with Gasteiger partial charge in [-0.2, -0.15) is 4.58 Å². The lowest BCUT2D eigenvalue weighted by molar-refractivity contribution is -0.401. The van der Waals surface area contributed by atoms with Crippen LogP contribution >= 0.6 is 136 Å². The molecule has 0 aliphatic carbocycles. The summed E-state index contributed by atoms with van der Waals surface area (Å²) >= 11 is 14.9. The zero-order valence-electron chi connectivity index (χ0n) is 21.4. The molecule has 0 atom stereocenters. The molecule has 0 spiro atoms. The molecule has 0 amide bonds. The van der Waals surface area contributed by atoms with Crippen LogP contribution in [0.4, 0.5) is 11.4 Å². The van der Waals surface area contributed by atoms with E-state index in [1.165, 1.54) is 55.3 Å². The second-order valence-corrected chi connectivity index (χ2v) is 16.8. The van der Waals surface area contributed by atoms with Crippen LogP contribution < -0.4 is 4.90 Å². The van der Waals surface area contributed by atoms with E-state index in [0.29, 0.717) is 0 Å². The first kappa shape index (κ1) is 31.2. The van der Waals surface area contributed by atoms with Gasteiger partial charge in [0.25, 0.3) is 0 Å². The molecule has 194 valence electrons. The number of fused-ring (bicyclic) bond motifs is 2. The molecule has 2 heterocycles. The molecule has 0 unspecified atom stereocenters. The summed E-state index contributed by atoms with van der Waals surface area (Å²) in [5.74, 6) is 0. The van der Waals surface area contributed by atoms with Gasteiger partial charge in [0.15, 0.2) is 5.71 Å². The molecule has 0 saturated heterocycles. The molecule has 37 heavy (non-hydrogen) atoms. The topological polar surface area (TPSA) is 6.25 Å². The van der Waals surface area contributed by atoms with Gasteiger partial charge in [0.1, 0.15) is 7.05 Å². The maximum absolute atomic E-state index is 2.52. The summed E-state index contributed by atoms with van der Waals surface area (Å²) in [6.45, 7) is 9.32. The number of benzene rings is 2. The lowest BCUT2D eigenvalue weighted by Crippen LogP contribution is -2.27. The van der Waals surface area contributed by atoms with Crippen LogP contribution in [0.5, 0.6) is 0 Å². The smallest absolute Gasteiger partial charge is 0.211 e. The molecule has 0 bridgehead atoms. The summed E-state index contributed by atoms with van der Waals surface area (Å²) in [6, 6.07) is 4.63. The minimum absolute atomic E-state index is 0.0315. The summed E-state index contributed by atoms with van der Waals surface area (Å²) in [6.07, 6.45) is 15.2. The first-order chi connectivity index (χ1) is 17.2. The van der Waals surface area contributed by atoms with Crippen molar-refractivity contribution in [1.29, 1.82) is 0 Å². The number of rotatable bonds is 4. The fourth-order valence-corrected chi connectivity index (χ4v) is 10.9. The van der Waals surface area contributed by atoms with Crippen molar-refractivity contribution in [3.8, 4) is 0 Å². The Labute approximate surface area is 302 Å². The molecule has 0 saturated carbocycles. The van der Waals surface area contributed by atoms with Crippen molar-refractivity contribution in [2.75, 3.05) is 19.0 Å². The predicted octanol–water partition coefficient (Wildman–Crippen LogP) is 10.3. The molecule has 0 fully saturated rings. The van der Waals surface area contributed by atoms with Crippen LogP contribution in [0, 0.1) is 21.4 Å². The summed E-state index contributed by atoms with van der Waals surface area (Å²) < 4.78 is 10.4. The molecular weight excluding hydrogens is 1140 g/mol. The number of nitrogens with zero attached hydrogens (tertiary/aromatic N) is 2. The zero-order valence-corrected chi connectivity index (χ0v) is 34.3. The fourth-order valence-electron chi connectivity index (χ4n) is 5.36. The van der Waals surface area contributed by atoms with Gasteiger partial charge in [-0.25, -0.2) is 0 Å². The van der Waals surface area contributed by atoms with E-state index in [-0.39, 0.29) is 10.8 Å². The summed E-state index contributed by atoms with van der Waals surface area (Å²) in [4.78, 5) is 2.35. The van der Waals surface area contributed by atoms with Gasteiger partial charge in [-0.05, 0) is 162 Å². The molecule has 8 heteroatoms. The largest absolute Gasteiger partial charge is 0.347 e. The van der Waals surface area contributed by atoms with Gasteiger partial charge in [-0.15, -0.1) is 0 Å². The SMILES string of the molecule is CN1\C(=C/C=C/C=C/C=C/C2=[N+](C)c3cc(I)c(I)c(I)c3C2(C)C)C(C)(C)c2c1cc(I)c(I)c2I. The van der Waals surface area contributed by atoms with E-state index in [9.17, 15) is 0 Å². The van der Waals surface area contributed by atoms with Crippen LogP contribution in [0.15, 0.2) is 60.4 Å². The van der Waals surface area contributed by atoms with Gasteiger partial charge in [-0.3, -0.25) is 0 Å². The van der Waals surface area contributed by atoms with E-state index in [0.717, 1.165) is 0 Å². The number of hydrogen-bond acceptors (Lipinski definition) is 1. The van der Waals surface area contributed by atoms with Gasteiger partial charge < -0.3 is 4.90 Å². The molecule has 4 rings (SSSR count). The van der Waals surface area contributed by atoms with Crippen LogP contribution in [0.25, 0.3) is 0 Å². The van der Waals surface area contributed by atoms with Crippen LogP contribution in [-0.4, -0.2) is 24.4 Å². The third-order valence-electron chi connectivity index (χ3n) is 7.21. The van der Waals surface area contributed by atoms with Crippen molar-refractivity contribution in [3.05, 3.63) is 92.9 Å². The maximum atomic E-state index is 2.52. The molecule has 0 radical (unpaired) electrons. The van der Waals surface area contributed by atoms with Crippen molar-refractivity contribution < 1.29 is 4.58 Å². The third-order valence-corrected chi connectivity index (χ3v) is 17.4. The van der Waals surface area contributed by atoms with Crippen molar-refractivity contribution in [1.82, 2.24) is 0 Å². The van der Waals surface area contributed by atoms with Crippen molar-refractivity contribution in [3.63, 3.8) is 0 Å². The first-order valence-corrected chi connectivity index (χ1v) is 18.1. The van der Waals surface area contributed by atoms with Gasteiger partial charge in [0.05, 0.1) is 11.0 Å². The van der Waals surface area contributed by atoms with E-state index in [2.05, 4.69) is 241 Å². The van der Waals surface area contributed by atoms with Crippen molar-refractivity contribution >= 4 is 153 Å². The number of likely N-dealkylation sites (N-methyl/N-ethyl adjacent to an activating group) is 1. The Bertz CT molecular complexity index is 1460. The maximum Gasteiger partial charge on any atom is 0.211 e. The molecule has 2 aliphatic rings. The minimum atomic E-state index is -0.0315. The molecule has 2 aliphatic heterocycles. The Morgan fingerprint density at radius 2 is 1.24 bits per heavy atom. The van der Waals surface area contributed by atoms with Crippen LogP contribution in [0.1, 0.15) is 38.8 Å².